The Morgan fingerprint density at radius 3 is 1.86 bits per heavy atom. The van der Waals surface area contributed by atoms with E-state index in [1.165, 1.54) is 13.8 Å². The molecule has 0 bridgehead atoms. The number of benzene rings is 2. The van der Waals surface area contributed by atoms with E-state index in [-0.39, 0.29) is 23.1 Å². The summed E-state index contributed by atoms with van der Waals surface area (Å²) in [6.07, 6.45) is 4.29. The van der Waals surface area contributed by atoms with Crippen molar-refractivity contribution in [2.45, 2.75) is 93.0 Å². The third-order valence-corrected chi connectivity index (χ3v) is 8.71. The number of carbonyl (C=O) groups is 3. The van der Waals surface area contributed by atoms with E-state index in [1.54, 1.807) is 6.07 Å². The van der Waals surface area contributed by atoms with Gasteiger partial charge in [0, 0.05) is 75.6 Å². The van der Waals surface area contributed by atoms with Crippen molar-refractivity contribution in [3.8, 4) is 0 Å². The summed E-state index contributed by atoms with van der Waals surface area (Å²) in [5.74, 6) is 2.02. The molecule has 5 rings (SSSR count). The maximum absolute atomic E-state index is 12.4. The molecule has 0 radical (unpaired) electrons. The van der Waals surface area contributed by atoms with Crippen molar-refractivity contribution in [1.29, 1.82) is 0 Å². The van der Waals surface area contributed by atoms with E-state index < -0.39 is 5.41 Å². The Morgan fingerprint density at radius 1 is 0.755 bits per heavy atom. The molecule has 11 heteroatoms. The minimum atomic E-state index is -0.498. The normalized spacial score (nSPS) is 16.0. The summed E-state index contributed by atoms with van der Waals surface area (Å²) in [7, 11) is 0. The zero-order valence-electron chi connectivity index (χ0n) is 30.6. The van der Waals surface area contributed by atoms with Crippen LogP contribution >= 0.6 is 0 Å². The van der Waals surface area contributed by atoms with Gasteiger partial charge in [-0.1, -0.05) is 41.5 Å². The molecule has 3 aromatic rings. The third kappa shape index (κ3) is 11.3. The van der Waals surface area contributed by atoms with E-state index in [0.717, 1.165) is 93.4 Å². The van der Waals surface area contributed by atoms with Crippen LogP contribution in [0.3, 0.4) is 0 Å². The largest absolute Gasteiger partial charge is 0.383 e. The van der Waals surface area contributed by atoms with Gasteiger partial charge in [-0.3, -0.25) is 14.4 Å². The summed E-state index contributed by atoms with van der Waals surface area (Å²) in [6.45, 7) is 20.3. The Bertz CT molecular complexity index is 1590. The van der Waals surface area contributed by atoms with Gasteiger partial charge in [-0.05, 0) is 73.9 Å². The first-order chi connectivity index (χ1) is 23.1. The van der Waals surface area contributed by atoms with Crippen molar-refractivity contribution in [2.75, 3.05) is 54.2 Å². The first-order valence-corrected chi connectivity index (χ1v) is 17.5. The predicted octanol–water partition coefficient (Wildman–Crippen LogP) is 7.19. The average molecular weight is 677 g/mol. The fourth-order valence-electron chi connectivity index (χ4n) is 5.95. The second-order valence-corrected chi connectivity index (χ2v) is 15.3. The fraction of sp³-hybridized carbons (Fsp3) is 0.579. The standard InChI is InChI=1S/C19H29N3O3.C19H27N3O2/c1-13(23)21-15-5-6-16(20-12-14-7-9-25-10-8-14)17(11-15)22-18(24)19(2,3)4;1-13(23)20-15-5-6-17-16(11-15)21-18(19(2,3)4)22(17)12-14-7-9-24-10-8-14/h5-6,11,14,20H,7-10,12H2,1-4H3,(H,21,23)(H,22,24);5-6,11,14H,7-10,12H2,1-4H3,(H,20,23). The quantitative estimate of drug-likeness (QED) is 0.198. The number of aromatic nitrogens is 2. The Balaban J connectivity index is 0.000000221. The molecule has 3 heterocycles. The lowest BCUT2D eigenvalue weighted by atomic mass is 9.94. The predicted molar refractivity (Wildman–Crippen MR) is 197 cm³/mol. The summed E-state index contributed by atoms with van der Waals surface area (Å²) in [4.78, 5) is 39.9. The van der Waals surface area contributed by atoms with Crippen LogP contribution in [-0.4, -0.2) is 60.2 Å². The maximum Gasteiger partial charge on any atom is 0.229 e. The lowest BCUT2D eigenvalue weighted by Crippen LogP contribution is -2.28. The number of fused-ring (bicyclic) bond motifs is 1. The van der Waals surface area contributed by atoms with Crippen LogP contribution in [0.4, 0.5) is 22.7 Å². The van der Waals surface area contributed by atoms with E-state index in [1.807, 2.05) is 45.0 Å². The van der Waals surface area contributed by atoms with Crippen LogP contribution in [-0.2, 0) is 35.8 Å². The Morgan fingerprint density at radius 2 is 1.31 bits per heavy atom. The van der Waals surface area contributed by atoms with Crippen LogP contribution in [0.2, 0.25) is 0 Å². The lowest BCUT2D eigenvalue weighted by Gasteiger charge is -2.26. The van der Waals surface area contributed by atoms with Gasteiger partial charge in [-0.25, -0.2) is 4.98 Å². The van der Waals surface area contributed by atoms with Crippen LogP contribution in [0.1, 0.15) is 86.9 Å². The van der Waals surface area contributed by atoms with Gasteiger partial charge in [-0.2, -0.15) is 0 Å². The summed E-state index contributed by atoms with van der Waals surface area (Å²) in [6, 6.07) is 11.5. The number of amides is 3. The highest BCUT2D eigenvalue weighted by atomic mass is 16.5. The van der Waals surface area contributed by atoms with Crippen molar-refractivity contribution in [1.82, 2.24) is 9.55 Å². The molecular formula is C38H56N6O5. The highest BCUT2D eigenvalue weighted by Gasteiger charge is 2.26. The molecule has 1 aromatic heterocycles. The van der Waals surface area contributed by atoms with E-state index in [4.69, 9.17) is 14.5 Å². The van der Waals surface area contributed by atoms with Crippen molar-refractivity contribution < 1.29 is 23.9 Å². The molecule has 2 aromatic carbocycles. The molecule has 2 saturated heterocycles. The van der Waals surface area contributed by atoms with E-state index >= 15 is 0 Å². The molecule has 0 saturated carbocycles. The Kier molecular flexibility index (Phi) is 12.8. The summed E-state index contributed by atoms with van der Waals surface area (Å²) in [5, 5.41) is 12.0. The molecule has 11 nitrogen and oxygen atoms in total. The molecule has 4 N–H and O–H groups in total. The zero-order valence-corrected chi connectivity index (χ0v) is 30.6. The van der Waals surface area contributed by atoms with Gasteiger partial charge in [0.1, 0.15) is 5.82 Å². The fourth-order valence-corrected chi connectivity index (χ4v) is 5.95. The molecule has 3 amide bonds. The molecule has 268 valence electrons. The topological polar surface area (TPSA) is 136 Å². The minimum absolute atomic E-state index is 0.0294. The molecule has 49 heavy (non-hydrogen) atoms. The first kappa shape index (κ1) is 37.9. The molecule has 2 aliphatic rings. The highest BCUT2D eigenvalue weighted by Crippen LogP contribution is 2.31. The number of ether oxygens (including phenoxy) is 2. The number of hydrogen-bond acceptors (Lipinski definition) is 7. The van der Waals surface area contributed by atoms with Crippen LogP contribution in [0, 0.1) is 17.3 Å². The SMILES string of the molecule is CC(=O)Nc1ccc(NCC2CCOCC2)c(NC(=O)C(C)(C)C)c1.CC(=O)Nc1ccc2c(c1)nc(C(C)(C)C)n2CC1CCOCC1. The van der Waals surface area contributed by atoms with Crippen molar-refractivity contribution >= 4 is 51.5 Å². The number of rotatable bonds is 8. The van der Waals surface area contributed by atoms with Crippen LogP contribution < -0.4 is 21.3 Å². The second kappa shape index (κ2) is 16.6. The maximum atomic E-state index is 12.4. The summed E-state index contributed by atoms with van der Waals surface area (Å²) >= 11 is 0. The minimum Gasteiger partial charge on any atom is -0.383 e. The molecule has 0 spiro atoms. The van der Waals surface area contributed by atoms with Gasteiger partial charge in [0.15, 0.2) is 0 Å². The Hall–Kier alpha value is -3.96. The van der Waals surface area contributed by atoms with Gasteiger partial charge in [0.05, 0.1) is 22.4 Å². The van der Waals surface area contributed by atoms with Crippen LogP contribution in [0.5, 0.6) is 0 Å². The van der Waals surface area contributed by atoms with Gasteiger partial charge in [0.25, 0.3) is 0 Å². The lowest BCUT2D eigenvalue weighted by molar-refractivity contribution is -0.123. The number of hydrogen-bond donors (Lipinski definition) is 4. The number of anilines is 4. The highest BCUT2D eigenvalue weighted by molar-refractivity contribution is 5.99. The van der Waals surface area contributed by atoms with Crippen LogP contribution in [0.15, 0.2) is 36.4 Å². The number of carbonyl (C=O) groups excluding carboxylic acids is 3. The molecule has 2 fully saturated rings. The van der Waals surface area contributed by atoms with Gasteiger partial charge in [0.2, 0.25) is 17.7 Å². The molecule has 2 aliphatic heterocycles. The second-order valence-electron chi connectivity index (χ2n) is 15.3. The Labute approximate surface area is 291 Å². The molecule has 0 unspecified atom stereocenters. The zero-order chi connectivity index (χ0) is 35.8. The molecule has 0 atom stereocenters. The van der Waals surface area contributed by atoms with Crippen LogP contribution in [0.25, 0.3) is 11.0 Å². The van der Waals surface area contributed by atoms with Gasteiger partial charge in [-0.15, -0.1) is 0 Å². The first-order valence-electron chi connectivity index (χ1n) is 17.5. The average Bonchev–Trinajstić information content (AvgIpc) is 3.39. The molecular weight excluding hydrogens is 620 g/mol. The van der Waals surface area contributed by atoms with Crippen molar-refractivity contribution in [2.24, 2.45) is 17.3 Å². The number of imidazole rings is 1. The number of nitrogens with one attached hydrogen (secondary N) is 4. The number of nitrogens with zero attached hydrogens (tertiary/aromatic N) is 2. The summed E-state index contributed by atoms with van der Waals surface area (Å²) < 4.78 is 13.2. The molecule has 0 aliphatic carbocycles. The van der Waals surface area contributed by atoms with Crippen molar-refractivity contribution in [3.05, 3.63) is 42.2 Å². The van der Waals surface area contributed by atoms with E-state index in [0.29, 0.717) is 23.2 Å². The summed E-state index contributed by atoms with van der Waals surface area (Å²) in [5.41, 5.74) is 4.55. The smallest absolute Gasteiger partial charge is 0.229 e. The van der Waals surface area contributed by atoms with Crippen molar-refractivity contribution in [3.63, 3.8) is 0 Å². The third-order valence-electron chi connectivity index (χ3n) is 8.71. The van der Waals surface area contributed by atoms with Gasteiger partial charge >= 0.3 is 0 Å². The van der Waals surface area contributed by atoms with Gasteiger partial charge < -0.3 is 35.3 Å². The van der Waals surface area contributed by atoms with E-state index in [2.05, 4.69) is 52.7 Å². The van der Waals surface area contributed by atoms with E-state index in [9.17, 15) is 14.4 Å². The monoisotopic (exact) mass is 676 g/mol.